The average Bonchev–Trinajstić information content (AvgIpc) is 1.87. The summed E-state index contributed by atoms with van der Waals surface area (Å²) in [4.78, 5) is 9.95. The fourth-order valence-electron chi connectivity index (χ4n) is 0.696. The molecule has 0 fully saturated rings. The monoisotopic (exact) mass is 142 g/mol. The Bertz CT molecular complexity index is 116. The van der Waals surface area contributed by atoms with Crippen molar-refractivity contribution in [2.45, 2.75) is 32.6 Å². The number of hydrogen-bond donors (Lipinski definition) is 1. The van der Waals surface area contributed by atoms with Crippen molar-refractivity contribution >= 4 is 5.97 Å². The topological polar surface area (TPSA) is 37.3 Å². The highest BCUT2D eigenvalue weighted by Crippen LogP contribution is 1.98. The van der Waals surface area contributed by atoms with Gasteiger partial charge in [0, 0.05) is 6.08 Å². The van der Waals surface area contributed by atoms with Crippen LogP contribution in [0.3, 0.4) is 0 Å². The summed E-state index contributed by atoms with van der Waals surface area (Å²) < 4.78 is 0. The van der Waals surface area contributed by atoms with Crippen LogP contribution < -0.4 is 0 Å². The lowest BCUT2D eigenvalue weighted by atomic mass is 10.2. The molecule has 10 heavy (non-hydrogen) atoms. The van der Waals surface area contributed by atoms with E-state index in [2.05, 4.69) is 6.92 Å². The van der Waals surface area contributed by atoms with Crippen LogP contribution >= 0.6 is 0 Å². The summed E-state index contributed by atoms with van der Waals surface area (Å²) in [6.07, 6.45) is 7.26. The predicted octanol–water partition coefficient (Wildman–Crippen LogP) is 2.21. The largest absolute Gasteiger partial charge is 0.478 e. The maximum atomic E-state index is 9.95. The molecule has 0 saturated heterocycles. The zero-order valence-electron chi connectivity index (χ0n) is 6.34. The summed E-state index contributed by atoms with van der Waals surface area (Å²) in [5, 5.41) is 8.18. The molecular weight excluding hydrogens is 128 g/mol. The molecule has 0 amide bonds. The van der Waals surface area contributed by atoms with E-state index >= 15 is 0 Å². The van der Waals surface area contributed by atoms with Crippen molar-refractivity contribution in [2.24, 2.45) is 0 Å². The van der Waals surface area contributed by atoms with E-state index < -0.39 is 5.97 Å². The fraction of sp³-hybridized carbons (Fsp3) is 0.625. The molecule has 1 N–H and O–H groups in total. The van der Waals surface area contributed by atoms with Crippen molar-refractivity contribution in [1.82, 2.24) is 0 Å². The van der Waals surface area contributed by atoms with Crippen molar-refractivity contribution in [2.75, 3.05) is 0 Å². The molecule has 0 aliphatic carbocycles. The van der Waals surface area contributed by atoms with E-state index in [1.807, 2.05) is 0 Å². The molecule has 0 saturated carbocycles. The minimum atomic E-state index is -0.850. The lowest BCUT2D eigenvalue weighted by molar-refractivity contribution is -0.131. The second-order valence-corrected chi connectivity index (χ2v) is 2.24. The van der Waals surface area contributed by atoms with Gasteiger partial charge in [-0.15, -0.1) is 0 Å². The van der Waals surface area contributed by atoms with Crippen molar-refractivity contribution in [3.63, 3.8) is 0 Å². The molecule has 58 valence electrons. The van der Waals surface area contributed by atoms with Gasteiger partial charge in [-0.2, -0.15) is 0 Å². The first-order valence-corrected chi connectivity index (χ1v) is 3.67. The molecule has 0 atom stereocenters. The van der Waals surface area contributed by atoms with Crippen LogP contribution in [-0.4, -0.2) is 11.1 Å². The smallest absolute Gasteiger partial charge is 0.327 e. The third kappa shape index (κ3) is 7.21. The Morgan fingerprint density at radius 2 is 2.20 bits per heavy atom. The van der Waals surface area contributed by atoms with E-state index in [1.54, 1.807) is 6.08 Å². The van der Waals surface area contributed by atoms with Gasteiger partial charge in [-0.05, 0) is 12.8 Å². The number of carboxylic acids is 1. The molecule has 0 heterocycles. The van der Waals surface area contributed by atoms with Crippen LogP contribution in [0.25, 0.3) is 0 Å². The summed E-state index contributed by atoms with van der Waals surface area (Å²) in [5.41, 5.74) is 0. The minimum absolute atomic E-state index is 0.850. The van der Waals surface area contributed by atoms with Crippen LogP contribution in [0.1, 0.15) is 32.6 Å². The van der Waals surface area contributed by atoms with Crippen LogP contribution in [0.2, 0.25) is 0 Å². The van der Waals surface area contributed by atoms with E-state index in [0.717, 1.165) is 12.8 Å². The Balaban J connectivity index is 3.10. The zero-order valence-corrected chi connectivity index (χ0v) is 6.34. The second kappa shape index (κ2) is 6.33. The second-order valence-electron chi connectivity index (χ2n) is 2.24. The van der Waals surface area contributed by atoms with Gasteiger partial charge in [0.25, 0.3) is 0 Å². The van der Waals surface area contributed by atoms with Gasteiger partial charge in [0.05, 0.1) is 0 Å². The lowest BCUT2D eigenvalue weighted by Crippen LogP contribution is -1.85. The average molecular weight is 142 g/mol. The maximum absolute atomic E-state index is 9.95. The predicted molar refractivity (Wildman–Crippen MR) is 40.9 cm³/mol. The summed E-state index contributed by atoms with van der Waals surface area (Å²) in [6.45, 7) is 2.13. The summed E-state index contributed by atoms with van der Waals surface area (Å²) >= 11 is 0. The number of aliphatic carboxylic acids is 1. The first kappa shape index (κ1) is 9.21. The molecule has 0 rings (SSSR count). The van der Waals surface area contributed by atoms with Crippen LogP contribution in [0.4, 0.5) is 0 Å². The first-order chi connectivity index (χ1) is 4.77. The molecule has 0 spiro atoms. The summed E-state index contributed by atoms with van der Waals surface area (Å²) in [6, 6.07) is 0. The van der Waals surface area contributed by atoms with Gasteiger partial charge in [0.1, 0.15) is 0 Å². The van der Waals surface area contributed by atoms with Gasteiger partial charge in [0.15, 0.2) is 0 Å². The third-order valence-corrected chi connectivity index (χ3v) is 1.23. The van der Waals surface area contributed by atoms with E-state index in [0.29, 0.717) is 0 Å². The molecular formula is C8H14O2. The van der Waals surface area contributed by atoms with Crippen molar-refractivity contribution in [3.8, 4) is 0 Å². The number of hydrogen-bond acceptors (Lipinski definition) is 1. The first-order valence-electron chi connectivity index (χ1n) is 3.67. The van der Waals surface area contributed by atoms with E-state index in [4.69, 9.17) is 5.11 Å². The van der Waals surface area contributed by atoms with E-state index in [9.17, 15) is 4.79 Å². The van der Waals surface area contributed by atoms with Crippen molar-refractivity contribution < 1.29 is 9.90 Å². The Morgan fingerprint density at radius 1 is 1.50 bits per heavy atom. The summed E-state index contributed by atoms with van der Waals surface area (Å²) in [7, 11) is 0. The molecule has 2 heteroatoms. The van der Waals surface area contributed by atoms with Gasteiger partial charge in [-0.25, -0.2) is 4.79 Å². The van der Waals surface area contributed by atoms with Gasteiger partial charge >= 0.3 is 5.97 Å². The Labute approximate surface area is 61.6 Å². The van der Waals surface area contributed by atoms with Crippen LogP contribution in [-0.2, 0) is 4.79 Å². The molecule has 0 aliphatic rings. The third-order valence-electron chi connectivity index (χ3n) is 1.23. The molecule has 0 unspecified atom stereocenters. The van der Waals surface area contributed by atoms with Gasteiger partial charge in [-0.3, -0.25) is 0 Å². The normalized spacial score (nSPS) is 10.5. The molecule has 0 bridgehead atoms. The minimum Gasteiger partial charge on any atom is -0.478 e. The molecule has 0 aliphatic heterocycles. The van der Waals surface area contributed by atoms with E-state index in [1.165, 1.54) is 18.9 Å². The highest BCUT2D eigenvalue weighted by molar-refractivity contribution is 5.79. The highest BCUT2D eigenvalue weighted by atomic mass is 16.4. The van der Waals surface area contributed by atoms with Crippen LogP contribution in [0, 0.1) is 0 Å². The van der Waals surface area contributed by atoms with Gasteiger partial charge in [0.2, 0.25) is 0 Å². The number of unbranched alkanes of at least 4 members (excludes halogenated alkanes) is 3. The Hall–Kier alpha value is -0.790. The van der Waals surface area contributed by atoms with E-state index in [-0.39, 0.29) is 0 Å². The fourth-order valence-corrected chi connectivity index (χ4v) is 0.696. The molecule has 0 radical (unpaired) electrons. The lowest BCUT2D eigenvalue weighted by Gasteiger charge is -1.89. The molecule has 0 aromatic carbocycles. The van der Waals surface area contributed by atoms with Gasteiger partial charge in [-0.1, -0.05) is 25.8 Å². The number of allylic oxidation sites excluding steroid dienone is 1. The van der Waals surface area contributed by atoms with Crippen molar-refractivity contribution in [1.29, 1.82) is 0 Å². The summed E-state index contributed by atoms with van der Waals surface area (Å²) in [5.74, 6) is -0.850. The highest BCUT2D eigenvalue weighted by Gasteiger charge is 1.84. The van der Waals surface area contributed by atoms with Crippen molar-refractivity contribution in [3.05, 3.63) is 12.2 Å². The molecule has 0 aromatic rings. The Morgan fingerprint density at radius 3 is 2.70 bits per heavy atom. The van der Waals surface area contributed by atoms with Crippen LogP contribution in [0.15, 0.2) is 12.2 Å². The quantitative estimate of drug-likeness (QED) is 0.472. The number of carbonyl (C=O) groups is 1. The maximum Gasteiger partial charge on any atom is 0.327 e. The molecule has 2 nitrogen and oxygen atoms in total. The Kier molecular flexibility index (Phi) is 5.83. The van der Waals surface area contributed by atoms with Crippen LogP contribution in [0.5, 0.6) is 0 Å². The number of carboxylic acid groups (broad SMARTS) is 1. The zero-order chi connectivity index (χ0) is 7.82. The van der Waals surface area contributed by atoms with Gasteiger partial charge < -0.3 is 5.11 Å². The number of rotatable bonds is 5. The standard InChI is InChI=1S/C8H14O2/c1-2-3-4-5-6-7-8(9)10/h6-7H,2-5H2,1H3,(H,9,10). The SMILES string of the molecule is CCCCCC=CC(=O)O. The molecule has 0 aromatic heterocycles.